The summed E-state index contributed by atoms with van der Waals surface area (Å²) < 4.78 is 32.5. The number of allylic oxidation sites excluding steroid dienone is 8. The Hall–Kier alpha value is -2.41. The number of phosphoric acid groups is 1. The van der Waals surface area contributed by atoms with Crippen molar-refractivity contribution in [1.82, 2.24) is 0 Å². The largest absolute Gasteiger partial charge is 0.472 e. The lowest BCUT2D eigenvalue weighted by atomic mass is 10.1. The van der Waals surface area contributed by atoms with Crippen molar-refractivity contribution in [1.29, 1.82) is 0 Å². The number of rotatable bonds is 39. The van der Waals surface area contributed by atoms with Gasteiger partial charge in [0, 0.05) is 12.8 Å². The standard InChI is InChI=1S/C44H77O12P/c1-3-5-7-8-9-10-11-12-13-14-15-16-20-23-27-33-43(49)53-37-42(38-55-57(51,52)54-36-41(48)35-45)56-44(50)34-28-32-40(47)31-26-22-19-17-18-21-25-30-39(46)29-24-6-4-2/h12-13,18-19,21-22,25-26,30-31,39-42,45-48H,3-11,14-17,20,23-24,27-29,32-38H2,1-2H3,(H,51,52)/b13-12-,21-18-,22-19-,30-25+,31-26+/t39-,40-,41+,42-/m1/s1. The predicted molar refractivity (Wildman–Crippen MR) is 226 cm³/mol. The van der Waals surface area contributed by atoms with Crippen molar-refractivity contribution < 1.29 is 58.0 Å². The van der Waals surface area contributed by atoms with Crippen molar-refractivity contribution in [2.24, 2.45) is 0 Å². The second-order valence-electron chi connectivity index (χ2n) is 14.4. The van der Waals surface area contributed by atoms with Gasteiger partial charge < -0.3 is 34.8 Å². The highest BCUT2D eigenvalue weighted by Gasteiger charge is 2.27. The maximum atomic E-state index is 12.6. The number of carbonyl (C=O) groups is 2. The number of hydrogen-bond donors (Lipinski definition) is 5. The number of hydrogen-bond acceptors (Lipinski definition) is 11. The summed E-state index contributed by atoms with van der Waals surface area (Å²) in [4.78, 5) is 35.0. The fourth-order valence-corrected chi connectivity index (χ4v) is 6.23. The van der Waals surface area contributed by atoms with Crippen LogP contribution in [-0.4, -0.2) is 88.1 Å². The van der Waals surface area contributed by atoms with Crippen molar-refractivity contribution >= 4 is 19.8 Å². The number of unbranched alkanes of at least 4 members (excludes halogenated alkanes) is 13. The third-order valence-electron chi connectivity index (χ3n) is 8.85. The number of esters is 2. The molecule has 0 saturated heterocycles. The van der Waals surface area contributed by atoms with Gasteiger partial charge in [-0.1, -0.05) is 145 Å². The summed E-state index contributed by atoms with van der Waals surface area (Å²) in [7, 11) is -4.69. The van der Waals surface area contributed by atoms with Gasteiger partial charge in [-0.2, -0.15) is 0 Å². The Labute approximate surface area is 343 Å². The summed E-state index contributed by atoms with van der Waals surface area (Å²) >= 11 is 0. The lowest BCUT2D eigenvalue weighted by molar-refractivity contribution is -0.161. The van der Waals surface area contributed by atoms with Crippen LogP contribution >= 0.6 is 7.82 Å². The molecule has 0 radical (unpaired) electrons. The van der Waals surface area contributed by atoms with Crippen molar-refractivity contribution in [3.05, 3.63) is 60.8 Å². The Morgan fingerprint density at radius 2 is 1.11 bits per heavy atom. The van der Waals surface area contributed by atoms with Crippen LogP contribution in [0.15, 0.2) is 60.8 Å². The molecule has 0 saturated carbocycles. The molecule has 0 aromatic carbocycles. The van der Waals surface area contributed by atoms with E-state index in [0.29, 0.717) is 12.8 Å². The highest BCUT2D eigenvalue weighted by atomic mass is 31.2. The summed E-state index contributed by atoms with van der Waals surface area (Å²) in [6.45, 7) is 1.99. The fraction of sp³-hybridized carbons (Fsp3) is 0.727. The molecule has 1 unspecified atom stereocenters. The van der Waals surface area contributed by atoms with Gasteiger partial charge in [-0.15, -0.1) is 0 Å². The van der Waals surface area contributed by atoms with E-state index < -0.39 is 70.6 Å². The van der Waals surface area contributed by atoms with Crippen molar-refractivity contribution in [2.45, 2.75) is 180 Å². The molecule has 0 aromatic rings. The van der Waals surface area contributed by atoms with E-state index >= 15 is 0 Å². The Morgan fingerprint density at radius 3 is 1.70 bits per heavy atom. The molecule has 0 rings (SSSR count). The zero-order valence-electron chi connectivity index (χ0n) is 35.0. The average Bonchev–Trinajstić information content (AvgIpc) is 3.18. The first-order valence-corrected chi connectivity index (χ1v) is 23.0. The molecule has 0 amide bonds. The number of phosphoric ester groups is 1. The van der Waals surface area contributed by atoms with E-state index in [1.54, 1.807) is 18.2 Å². The molecule has 0 aliphatic carbocycles. The summed E-state index contributed by atoms with van der Waals surface area (Å²) in [5.74, 6) is -1.17. The van der Waals surface area contributed by atoms with E-state index in [1.807, 2.05) is 30.4 Å². The average molecular weight is 829 g/mol. The molecule has 12 nitrogen and oxygen atoms in total. The van der Waals surface area contributed by atoms with Gasteiger partial charge in [-0.25, -0.2) is 4.57 Å². The number of aliphatic hydroxyl groups is 4. The van der Waals surface area contributed by atoms with Crippen molar-refractivity contribution in [3.63, 3.8) is 0 Å². The highest BCUT2D eigenvalue weighted by Crippen LogP contribution is 2.43. The summed E-state index contributed by atoms with van der Waals surface area (Å²) in [5, 5.41) is 38.5. The quantitative estimate of drug-likeness (QED) is 0.0130. The molecule has 0 aromatic heterocycles. The van der Waals surface area contributed by atoms with Crippen LogP contribution in [0.2, 0.25) is 0 Å². The van der Waals surface area contributed by atoms with Crippen LogP contribution in [-0.2, 0) is 32.7 Å². The molecule has 0 heterocycles. The smallest absolute Gasteiger partial charge is 0.462 e. The first-order valence-electron chi connectivity index (χ1n) is 21.5. The van der Waals surface area contributed by atoms with Gasteiger partial charge in [0.15, 0.2) is 6.10 Å². The van der Waals surface area contributed by atoms with Crippen LogP contribution in [0.3, 0.4) is 0 Å². The molecular formula is C44H77O12P. The van der Waals surface area contributed by atoms with Gasteiger partial charge in [0.1, 0.15) is 12.7 Å². The SMILES string of the molecule is CCCCCCCC/C=C\CCCCCCCC(=O)OC[C@H](COP(=O)(O)OC[C@@H](O)CO)OC(=O)CCC[C@H](O)/C=C/C=C\C/C=C\C=C\[C@H](O)CCCCC. The minimum absolute atomic E-state index is 0.0678. The predicted octanol–water partition coefficient (Wildman–Crippen LogP) is 9.05. The summed E-state index contributed by atoms with van der Waals surface area (Å²) in [6, 6.07) is 0. The molecule has 0 bridgehead atoms. The van der Waals surface area contributed by atoms with Crippen LogP contribution in [0, 0.1) is 0 Å². The Bertz CT molecular complexity index is 1170. The Balaban J connectivity index is 4.58. The maximum absolute atomic E-state index is 12.6. The monoisotopic (exact) mass is 829 g/mol. The van der Waals surface area contributed by atoms with Crippen LogP contribution < -0.4 is 0 Å². The second-order valence-corrected chi connectivity index (χ2v) is 15.9. The Kier molecular flexibility index (Phi) is 37.4. The van der Waals surface area contributed by atoms with E-state index in [1.165, 1.54) is 38.5 Å². The van der Waals surface area contributed by atoms with Gasteiger partial charge in [0.2, 0.25) is 0 Å². The first kappa shape index (κ1) is 54.6. The van der Waals surface area contributed by atoms with Gasteiger partial charge in [0.25, 0.3) is 0 Å². The lowest BCUT2D eigenvalue weighted by Gasteiger charge is -2.20. The zero-order valence-corrected chi connectivity index (χ0v) is 35.9. The van der Waals surface area contributed by atoms with E-state index in [2.05, 4.69) is 30.5 Å². The molecule has 5 atom stereocenters. The lowest BCUT2D eigenvalue weighted by Crippen LogP contribution is -2.30. The van der Waals surface area contributed by atoms with Crippen molar-refractivity contribution in [3.8, 4) is 0 Å². The van der Waals surface area contributed by atoms with Gasteiger partial charge in [-0.3, -0.25) is 18.6 Å². The summed E-state index contributed by atoms with van der Waals surface area (Å²) in [5.41, 5.74) is 0. The van der Waals surface area contributed by atoms with Crippen LogP contribution in [0.5, 0.6) is 0 Å². The second kappa shape index (κ2) is 39.1. The van der Waals surface area contributed by atoms with E-state index in [-0.39, 0.29) is 25.7 Å². The fourth-order valence-electron chi connectivity index (χ4n) is 5.44. The molecule has 57 heavy (non-hydrogen) atoms. The van der Waals surface area contributed by atoms with E-state index in [0.717, 1.165) is 64.2 Å². The molecule has 0 fully saturated rings. The molecule has 0 spiro atoms. The number of ether oxygens (including phenoxy) is 2. The highest BCUT2D eigenvalue weighted by molar-refractivity contribution is 7.47. The Morgan fingerprint density at radius 1 is 0.596 bits per heavy atom. The van der Waals surface area contributed by atoms with Gasteiger partial charge >= 0.3 is 19.8 Å². The zero-order chi connectivity index (χ0) is 42.2. The normalized spacial score (nSPS) is 15.6. The number of aliphatic hydroxyl groups excluding tert-OH is 4. The van der Waals surface area contributed by atoms with Crippen LogP contribution in [0.1, 0.15) is 155 Å². The maximum Gasteiger partial charge on any atom is 0.472 e. The minimum Gasteiger partial charge on any atom is -0.462 e. The molecule has 0 aliphatic heterocycles. The molecule has 0 aliphatic rings. The molecule has 330 valence electrons. The third-order valence-corrected chi connectivity index (χ3v) is 9.80. The van der Waals surface area contributed by atoms with E-state index in [4.69, 9.17) is 19.1 Å². The van der Waals surface area contributed by atoms with Gasteiger partial charge in [-0.05, 0) is 57.8 Å². The topological polar surface area (TPSA) is 189 Å². The molecular weight excluding hydrogens is 751 g/mol. The molecule has 5 N–H and O–H groups in total. The van der Waals surface area contributed by atoms with Crippen molar-refractivity contribution in [2.75, 3.05) is 26.4 Å². The first-order chi connectivity index (χ1) is 27.5. The number of carbonyl (C=O) groups excluding carboxylic acids is 2. The van der Waals surface area contributed by atoms with Gasteiger partial charge in [0.05, 0.1) is 32.0 Å². The van der Waals surface area contributed by atoms with E-state index in [9.17, 15) is 34.4 Å². The van der Waals surface area contributed by atoms with Crippen LogP contribution in [0.4, 0.5) is 0 Å². The summed E-state index contributed by atoms with van der Waals surface area (Å²) in [6.07, 6.45) is 35.4. The molecule has 13 heteroatoms. The third kappa shape index (κ3) is 38.9. The minimum atomic E-state index is -4.69. The van der Waals surface area contributed by atoms with Crippen LogP contribution in [0.25, 0.3) is 0 Å².